The molecule has 168 valence electrons. The molecule has 5 rings (SSSR count). The van der Waals surface area contributed by atoms with Gasteiger partial charge in [0.2, 0.25) is 0 Å². The number of hydrogen-bond donors (Lipinski definition) is 1. The molecule has 3 heterocycles. The molecule has 1 saturated heterocycles. The fourth-order valence-electron chi connectivity index (χ4n) is 4.40. The number of aromatic amines is 1. The summed E-state index contributed by atoms with van der Waals surface area (Å²) in [6.07, 6.45) is 2.35. The van der Waals surface area contributed by atoms with Crippen LogP contribution < -0.4 is 5.69 Å². The largest absolute Gasteiger partial charge is 0.355 e. The number of carbonyl (C=O) groups is 1. The van der Waals surface area contributed by atoms with Crippen molar-refractivity contribution >= 4 is 5.91 Å². The van der Waals surface area contributed by atoms with Gasteiger partial charge in [0.15, 0.2) is 11.5 Å². The van der Waals surface area contributed by atoms with E-state index in [9.17, 15) is 9.59 Å². The van der Waals surface area contributed by atoms with Crippen LogP contribution in [-0.2, 0) is 6.42 Å². The highest BCUT2D eigenvalue weighted by atomic mass is 16.5. The lowest BCUT2D eigenvalue weighted by molar-refractivity contribution is 0.0679. The summed E-state index contributed by atoms with van der Waals surface area (Å²) in [4.78, 5) is 27.2. The molecule has 8 heteroatoms. The molecule has 8 nitrogen and oxygen atoms in total. The zero-order valence-corrected chi connectivity index (χ0v) is 18.4. The summed E-state index contributed by atoms with van der Waals surface area (Å²) in [5.74, 6) is 1.53. The molecule has 33 heavy (non-hydrogen) atoms. The van der Waals surface area contributed by atoms with Crippen molar-refractivity contribution in [1.29, 1.82) is 0 Å². The number of amides is 1. The van der Waals surface area contributed by atoms with Crippen LogP contribution in [0.4, 0.5) is 0 Å². The number of nitrogens with one attached hydrogen (secondary N) is 1. The SMILES string of the molecule is Cc1ccccc1-n1c(CC2CCN(C(=O)c3cc(-c4ccccc4)on3)CC2)n[nH]c1=O. The van der Waals surface area contributed by atoms with Crippen molar-refractivity contribution in [1.82, 2.24) is 24.8 Å². The Labute approximate surface area is 190 Å². The molecule has 0 bridgehead atoms. The van der Waals surface area contributed by atoms with Crippen LogP contribution in [0.25, 0.3) is 17.0 Å². The highest BCUT2D eigenvalue weighted by Gasteiger charge is 2.27. The van der Waals surface area contributed by atoms with Crippen molar-refractivity contribution in [3.63, 3.8) is 0 Å². The van der Waals surface area contributed by atoms with Gasteiger partial charge in [0.1, 0.15) is 5.82 Å². The molecule has 1 amide bonds. The average molecular weight is 444 g/mol. The quantitative estimate of drug-likeness (QED) is 0.508. The molecular weight excluding hydrogens is 418 g/mol. The summed E-state index contributed by atoms with van der Waals surface area (Å²) in [6.45, 7) is 3.25. The number of benzene rings is 2. The van der Waals surface area contributed by atoms with E-state index in [-0.39, 0.29) is 11.6 Å². The summed E-state index contributed by atoms with van der Waals surface area (Å²) in [5.41, 5.74) is 2.85. The monoisotopic (exact) mass is 443 g/mol. The van der Waals surface area contributed by atoms with Crippen molar-refractivity contribution in [3.05, 3.63) is 88.2 Å². The Morgan fingerprint density at radius 3 is 2.58 bits per heavy atom. The summed E-state index contributed by atoms with van der Waals surface area (Å²) < 4.78 is 7.05. The first-order chi connectivity index (χ1) is 16.1. The lowest BCUT2D eigenvalue weighted by Gasteiger charge is -2.31. The van der Waals surface area contributed by atoms with Crippen LogP contribution in [0.3, 0.4) is 0 Å². The van der Waals surface area contributed by atoms with Crippen LogP contribution in [-0.4, -0.2) is 43.8 Å². The van der Waals surface area contributed by atoms with Crippen molar-refractivity contribution in [2.75, 3.05) is 13.1 Å². The maximum atomic E-state index is 12.9. The standard InChI is InChI=1S/C25H25N5O3/c1-17-7-5-6-10-21(17)30-23(26-27-25(30)32)15-18-11-13-29(14-12-18)24(31)20-16-22(33-28-20)19-8-3-2-4-9-19/h2-10,16,18H,11-15H2,1H3,(H,27,32). The van der Waals surface area contributed by atoms with Crippen molar-refractivity contribution in [2.24, 2.45) is 5.92 Å². The molecule has 0 unspecified atom stereocenters. The lowest BCUT2D eigenvalue weighted by atomic mass is 9.93. The Bertz CT molecular complexity index is 1310. The van der Waals surface area contributed by atoms with Crippen LogP contribution in [0.5, 0.6) is 0 Å². The summed E-state index contributed by atoms with van der Waals surface area (Å²) in [5, 5.41) is 10.9. The van der Waals surface area contributed by atoms with Gasteiger partial charge in [0.05, 0.1) is 5.69 Å². The molecule has 2 aromatic heterocycles. The molecule has 1 aliphatic rings. The highest BCUT2D eigenvalue weighted by molar-refractivity contribution is 5.93. The number of piperidine rings is 1. The van der Waals surface area contributed by atoms with Gasteiger partial charge in [-0.2, -0.15) is 5.10 Å². The number of aryl methyl sites for hydroxylation is 1. The number of likely N-dealkylation sites (tertiary alicyclic amines) is 1. The van der Waals surface area contributed by atoms with E-state index in [2.05, 4.69) is 15.4 Å². The fraction of sp³-hybridized carbons (Fsp3) is 0.280. The van der Waals surface area contributed by atoms with E-state index in [0.717, 1.165) is 35.5 Å². The van der Waals surface area contributed by atoms with Crippen LogP contribution >= 0.6 is 0 Å². The van der Waals surface area contributed by atoms with Crippen LogP contribution in [0.1, 0.15) is 34.7 Å². The lowest BCUT2D eigenvalue weighted by Crippen LogP contribution is -2.39. The Morgan fingerprint density at radius 2 is 1.82 bits per heavy atom. The van der Waals surface area contributed by atoms with Gasteiger partial charge in [-0.15, -0.1) is 0 Å². The second kappa shape index (κ2) is 8.90. The Hall–Kier alpha value is -3.94. The maximum Gasteiger partial charge on any atom is 0.347 e. The molecular formula is C25H25N5O3. The van der Waals surface area contributed by atoms with E-state index in [1.54, 1.807) is 10.6 Å². The molecule has 0 spiro atoms. The third-order valence-electron chi connectivity index (χ3n) is 6.26. The highest BCUT2D eigenvalue weighted by Crippen LogP contribution is 2.25. The number of para-hydroxylation sites is 1. The van der Waals surface area contributed by atoms with E-state index in [0.29, 0.717) is 36.9 Å². The van der Waals surface area contributed by atoms with Gasteiger partial charge in [-0.1, -0.05) is 53.7 Å². The van der Waals surface area contributed by atoms with E-state index >= 15 is 0 Å². The van der Waals surface area contributed by atoms with E-state index in [1.165, 1.54) is 0 Å². The van der Waals surface area contributed by atoms with Crippen LogP contribution in [0, 0.1) is 12.8 Å². The number of nitrogens with zero attached hydrogens (tertiary/aromatic N) is 4. The van der Waals surface area contributed by atoms with E-state index < -0.39 is 0 Å². The minimum Gasteiger partial charge on any atom is -0.355 e. The maximum absolute atomic E-state index is 12.9. The zero-order valence-electron chi connectivity index (χ0n) is 18.4. The molecule has 0 aliphatic carbocycles. The molecule has 0 radical (unpaired) electrons. The Morgan fingerprint density at radius 1 is 1.09 bits per heavy atom. The molecule has 4 aromatic rings. The van der Waals surface area contributed by atoms with Crippen molar-refractivity contribution in [3.8, 4) is 17.0 Å². The third kappa shape index (κ3) is 4.24. The normalized spacial score (nSPS) is 14.5. The second-order valence-corrected chi connectivity index (χ2v) is 8.45. The molecule has 1 aliphatic heterocycles. The molecule has 0 saturated carbocycles. The topological polar surface area (TPSA) is 97.0 Å². The van der Waals surface area contributed by atoms with Gasteiger partial charge in [-0.05, 0) is 37.3 Å². The minimum absolute atomic E-state index is 0.115. The first-order valence-corrected chi connectivity index (χ1v) is 11.1. The Kier molecular flexibility index (Phi) is 5.64. The average Bonchev–Trinajstić information content (AvgIpc) is 3.48. The summed E-state index contributed by atoms with van der Waals surface area (Å²) in [7, 11) is 0. The van der Waals surface area contributed by atoms with Crippen molar-refractivity contribution in [2.45, 2.75) is 26.2 Å². The molecule has 0 atom stereocenters. The van der Waals surface area contributed by atoms with Gasteiger partial charge >= 0.3 is 5.69 Å². The van der Waals surface area contributed by atoms with Crippen LogP contribution in [0.15, 0.2) is 70.0 Å². The number of carbonyl (C=O) groups excluding carboxylic acids is 1. The van der Waals surface area contributed by atoms with Crippen molar-refractivity contribution < 1.29 is 9.32 Å². The second-order valence-electron chi connectivity index (χ2n) is 8.45. The van der Waals surface area contributed by atoms with Gasteiger partial charge in [0, 0.05) is 31.1 Å². The zero-order chi connectivity index (χ0) is 22.8. The van der Waals surface area contributed by atoms with Gasteiger partial charge in [0.25, 0.3) is 5.91 Å². The Balaban J connectivity index is 1.24. The van der Waals surface area contributed by atoms with Gasteiger partial charge in [-0.3, -0.25) is 4.79 Å². The van der Waals surface area contributed by atoms with Gasteiger partial charge in [-0.25, -0.2) is 14.5 Å². The minimum atomic E-state index is -0.229. The number of rotatable bonds is 5. The molecule has 1 fully saturated rings. The smallest absolute Gasteiger partial charge is 0.347 e. The molecule has 1 N–H and O–H groups in total. The van der Waals surface area contributed by atoms with E-state index in [4.69, 9.17) is 4.52 Å². The predicted molar refractivity (Wildman–Crippen MR) is 123 cm³/mol. The number of aromatic nitrogens is 4. The first kappa shape index (κ1) is 20.9. The van der Waals surface area contributed by atoms with Crippen LogP contribution in [0.2, 0.25) is 0 Å². The van der Waals surface area contributed by atoms with Gasteiger partial charge < -0.3 is 9.42 Å². The van der Waals surface area contributed by atoms with E-state index in [1.807, 2.05) is 66.4 Å². The number of H-pyrrole nitrogens is 1. The fourth-order valence-corrected chi connectivity index (χ4v) is 4.40. The third-order valence-corrected chi connectivity index (χ3v) is 6.26. The number of hydrogen-bond acceptors (Lipinski definition) is 5. The predicted octanol–water partition coefficient (Wildman–Crippen LogP) is 3.62. The summed E-state index contributed by atoms with van der Waals surface area (Å²) >= 11 is 0. The molecule has 2 aromatic carbocycles. The summed E-state index contributed by atoms with van der Waals surface area (Å²) in [6, 6.07) is 19.1. The first-order valence-electron chi connectivity index (χ1n) is 11.1.